The Morgan fingerprint density at radius 2 is 1.93 bits per heavy atom. The minimum absolute atomic E-state index is 0.103. The van der Waals surface area contributed by atoms with Gasteiger partial charge in [-0.25, -0.2) is 0 Å². The van der Waals surface area contributed by atoms with Crippen LogP contribution in [0.4, 0.5) is 0 Å². The molecule has 0 saturated carbocycles. The average Bonchev–Trinajstić information content (AvgIpc) is 2.86. The number of terminal acetylenes is 1. The highest BCUT2D eigenvalue weighted by molar-refractivity contribution is 5.94. The standard InChI is InChI=1S/C23H22N2O2/c1-3-15-27-18-9-10-21-20(16-18)19-11-13-25(14-12-22(19)24(21)2)23(26)17-7-5-4-6-8-17/h1,4-10,16H,11-15H2,2H3. The van der Waals surface area contributed by atoms with Crippen molar-refractivity contribution in [2.75, 3.05) is 19.7 Å². The largest absolute Gasteiger partial charge is 0.481 e. The summed E-state index contributed by atoms with van der Waals surface area (Å²) in [5, 5.41) is 1.19. The van der Waals surface area contributed by atoms with Crippen LogP contribution in [0, 0.1) is 12.3 Å². The van der Waals surface area contributed by atoms with E-state index in [0.29, 0.717) is 0 Å². The van der Waals surface area contributed by atoms with Gasteiger partial charge in [0.2, 0.25) is 0 Å². The van der Waals surface area contributed by atoms with Crippen molar-refractivity contribution in [2.24, 2.45) is 7.05 Å². The van der Waals surface area contributed by atoms with Gasteiger partial charge < -0.3 is 14.2 Å². The number of benzene rings is 2. The van der Waals surface area contributed by atoms with Gasteiger partial charge in [-0.3, -0.25) is 4.79 Å². The first-order chi connectivity index (χ1) is 13.2. The Morgan fingerprint density at radius 1 is 1.15 bits per heavy atom. The zero-order valence-electron chi connectivity index (χ0n) is 15.4. The second-order valence-electron chi connectivity index (χ2n) is 6.81. The molecule has 0 radical (unpaired) electrons. The van der Waals surface area contributed by atoms with Crippen LogP contribution in [0.1, 0.15) is 21.6 Å². The van der Waals surface area contributed by atoms with E-state index < -0.39 is 0 Å². The van der Waals surface area contributed by atoms with Crippen LogP contribution in [0.15, 0.2) is 48.5 Å². The Hall–Kier alpha value is -3.19. The fourth-order valence-electron chi connectivity index (χ4n) is 3.93. The molecule has 1 amide bonds. The van der Waals surface area contributed by atoms with Gasteiger partial charge in [0, 0.05) is 48.7 Å². The van der Waals surface area contributed by atoms with Gasteiger partial charge in [0.05, 0.1) is 0 Å². The predicted octanol–water partition coefficient (Wildman–Crippen LogP) is 3.43. The molecule has 0 bridgehead atoms. The van der Waals surface area contributed by atoms with Gasteiger partial charge in [0.15, 0.2) is 0 Å². The third-order valence-corrected chi connectivity index (χ3v) is 5.29. The van der Waals surface area contributed by atoms with Crippen molar-refractivity contribution < 1.29 is 9.53 Å². The van der Waals surface area contributed by atoms with Gasteiger partial charge in [-0.15, -0.1) is 6.42 Å². The Morgan fingerprint density at radius 3 is 2.70 bits per heavy atom. The van der Waals surface area contributed by atoms with Crippen molar-refractivity contribution in [1.29, 1.82) is 0 Å². The van der Waals surface area contributed by atoms with E-state index in [1.165, 1.54) is 22.2 Å². The number of amides is 1. The third-order valence-electron chi connectivity index (χ3n) is 5.29. The summed E-state index contributed by atoms with van der Waals surface area (Å²) in [6.45, 7) is 1.71. The van der Waals surface area contributed by atoms with Crippen molar-refractivity contribution >= 4 is 16.8 Å². The van der Waals surface area contributed by atoms with Gasteiger partial charge in [-0.1, -0.05) is 24.1 Å². The molecule has 0 aliphatic carbocycles. The number of nitrogens with zero attached hydrogens (tertiary/aromatic N) is 2. The molecule has 0 fully saturated rings. The normalized spacial score (nSPS) is 13.7. The summed E-state index contributed by atoms with van der Waals surface area (Å²) in [6.07, 6.45) is 6.98. The van der Waals surface area contributed by atoms with Crippen molar-refractivity contribution in [2.45, 2.75) is 12.8 Å². The maximum atomic E-state index is 12.8. The van der Waals surface area contributed by atoms with Crippen LogP contribution in [0.2, 0.25) is 0 Å². The predicted molar refractivity (Wildman–Crippen MR) is 107 cm³/mol. The lowest BCUT2D eigenvalue weighted by atomic mass is 10.1. The lowest BCUT2D eigenvalue weighted by Gasteiger charge is -2.20. The molecule has 0 spiro atoms. The molecule has 136 valence electrons. The molecule has 4 rings (SSSR count). The zero-order valence-corrected chi connectivity index (χ0v) is 15.4. The van der Waals surface area contributed by atoms with Crippen LogP contribution in [0.25, 0.3) is 10.9 Å². The summed E-state index contributed by atoms with van der Waals surface area (Å²) in [5.41, 5.74) is 4.54. The summed E-state index contributed by atoms with van der Waals surface area (Å²) < 4.78 is 7.84. The van der Waals surface area contributed by atoms with Crippen molar-refractivity contribution in [1.82, 2.24) is 9.47 Å². The summed E-state index contributed by atoms with van der Waals surface area (Å²) in [4.78, 5) is 14.8. The minimum atomic E-state index is 0.103. The molecule has 0 atom stereocenters. The molecule has 2 heterocycles. The summed E-state index contributed by atoms with van der Waals surface area (Å²) in [7, 11) is 2.10. The smallest absolute Gasteiger partial charge is 0.253 e. The number of carbonyl (C=O) groups is 1. The van der Waals surface area contributed by atoms with Crippen molar-refractivity contribution in [3.05, 3.63) is 65.4 Å². The maximum absolute atomic E-state index is 12.8. The molecule has 1 aliphatic heterocycles. The van der Waals surface area contributed by atoms with E-state index in [1.807, 2.05) is 41.3 Å². The van der Waals surface area contributed by atoms with E-state index in [2.05, 4.69) is 29.7 Å². The first-order valence-electron chi connectivity index (χ1n) is 9.20. The van der Waals surface area contributed by atoms with Crippen LogP contribution < -0.4 is 4.74 Å². The number of aromatic nitrogens is 1. The van der Waals surface area contributed by atoms with Gasteiger partial charge in [-0.2, -0.15) is 0 Å². The Balaban J connectivity index is 1.63. The molecule has 4 heteroatoms. The van der Waals surface area contributed by atoms with E-state index in [-0.39, 0.29) is 12.5 Å². The summed E-state index contributed by atoms with van der Waals surface area (Å²) in [5.74, 6) is 3.39. The van der Waals surface area contributed by atoms with E-state index in [1.54, 1.807) is 0 Å². The number of rotatable bonds is 3. The number of ether oxygens (including phenoxy) is 1. The van der Waals surface area contributed by atoms with Gasteiger partial charge in [0.25, 0.3) is 5.91 Å². The zero-order chi connectivity index (χ0) is 18.8. The Kier molecular flexibility index (Phi) is 4.60. The van der Waals surface area contributed by atoms with E-state index in [0.717, 1.165) is 37.2 Å². The number of hydrogen-bond acceptors (Lipinski definition) is 2. The van der Waals surface area contributed by atoms with Crippen LogP contribution in [0.5, 0.6) is 5.75 Å². The Bertz CT molecular complexity index is 1030. The van der Waals surface area contributed by atoms with Gasteiger partial charge in [-0.05, 0) is 42.3 Å². The second kappa shape index (κ2) is 7.20. The average molecular weight is 358 g/mol. The van der Waals surface area contributed by atoms with Gasteiger partial charge >= 0.3 is 0 Å². The first kappa shape index (κ1) is 17.2. The molecule has 0 N–H and O–H groups in total. The molecular formula is C23H22N2O2. The highest BCUT2D eigenvalue weighted by atomic mass is 16.5. The highest BCUT2D eigenvalue weighted by Gasteiger charge is 2.24. The second-order valence-corrected chi connectivity index (χ2v) is 6.81. The number of carbonyl (C=O) groups excluding carboxylic acids is 1. The topological polar surface area (TPSA) is 34.5 Å². The monoisotopic (exact) mass is 358 g/mol. The Labute approximate surface area is 159 Å². The quantitative estimate of drug-likeness (QED) is 0.672. The van der Waals surface area contributed by atoms with Crippen LogP contribution >= 0.6 is 0 Å². The third kappa shape index (κ3) is 3.17. The number of fused-ring (bicyclic) bond motifs is 3. The molecule has 1 aliphatic rings. The molecule has 0 unspecified atom stereocenters. The van der Waals surface area contributed by atoms with Crippen LogP contribution in [-0.4, -0.2) is 35.1 Å². The lowest BCUT2D eigenvalue weighted by Crippen LogP contribution is -2.33. The number of aryl methyl sites for hydroxylation is 1. The molecule has 27 heavy (non-hydrogen) atoms. The van der Waals surface area contributed by atoms with Crippen molar-refractivity contribution in [3.63, 3.8) is 0 Å². The molecular weight excluding hydrogens is 336 g/mol. The molecule has 2 aromatic carbocycles. The first-order valence-corrected chi connectivity index (χ1v) is 9.20. The minimum Gasteiger partial charge on any atom is -0.481 e. The van der Waals surface area contributed by atoms with E-state index in [9.17, 15) is 4.79 Å². The summed E-state index contributed by atoms with van der Waals surface area (Å²) >= 11 is 0. The molecule has 1 aromatic heterocycles. The summed E-state index contributed by atoms with van der Waals surface area (Å²) in [6, 6.07) is 15.6. The molecule has 4 nitrogen and oxygen atoms in total. The maximum Gasteiger partial charge on any atom is 0.253 e. The fraction of sp³-hybridized carbons (Fsp3) is 0.261. The molecule has 3 aromatic rings. The molecule has 0 saturated heterocycles. The van der Waals surface area contributed by atoms with E-state index >= 15 is 0 Å². The lowest BCUT2D eigenvalue weighted by molar-refractivity contribution is 0.0762. The van der Waals surface area contributed by atoms with E-state index in [4.69, 9.17) is 11.2 Å². The number of hydrogen-bond donors (Lipinski definition) is 0. The fourth-order valence-corrected chi connectivity index (χ4v) is 3.93. The van der Waals surface area contributed by atoms with Crippen LogP contribution in [0.3, 0.4) is 0 Å². The van der Waals surface area contributed by atoms with Crippen molar-refractivity contribution in [3.8, 4) is 18.1 Å². The SMILES string of the molecule is C#CCOc1ccc2c(c1)c1c(n2C)CCN(C(=O)c2ccccc2)CC1. The van der Waals surface area contributed by atoms with Gasteiger partial charge in [0.1, 0.15) is 12.4 Å². The van der Waals surface area contributed by atoms with Crippen LogP contribution in [-0.2, 0) is 19.9 Å². The highest BCUT2D eigenvalue weighted by Crippen LogP contribution is 2.31.